The fourth-order valence-electron chi connectivity index (χ4n) is 1.67. The molecule has 0 fully saturated rings. The lowest BCUT2D eigenvalue weighted by Crippen LogP contribution is -2.10. The average Bonchev–Trinajstić information content (AvgIpc) is 2.37. The molecule has 19 heavy (non-hydrogen) atoms. The fourth-order valence-corrected chi connectivity index (χ4v) is 2.07. The zero-order valence-electron chi connectivity index (χ0n) is 10.7. The summed E-state index contributed by atoms with van der Waals surface area (Å²) in [7, 11) is 1.65. The van der Waals surface area contributed by atoms with Gasteiger partial charge in [-0.15, -0.1) is 0 Å². The van der Waals surface area contributed by atoms with Crippen LogP contribution in [-0.4, -0.2) is 17.1 Å². The third-order valence-corrected chi connectivity index (χ3v) is 3.08. The summed E-state index contributed by atoms with van der Waals surface area (Å²) in [6.45, 7) is 2.03. The molecular formula is C13H15BrN4O. The number of nitrogens with zero attached hydrogens (tertiary/aromatic N) is 2. The van der Waals surface area contributed by atoms with E-state index in [1.165, 1.54) is 0 Å². The Labute approximate surface area is 120 Å². The van der Waals surface area contributed by atoms with Crippen LogP contribution >= 0.6 is 15.9 Å². The number of halogens is 1. The first-order valence-electron chi connectivity index (χ1n) is 5.79. The van der Waals surface area contributed by atoms with Gasteiger partial charge in [-0.25, -0.2) is 4.98 Å². The first kappa shape index (κ1) is 13.6. The van der Waals surface area contributed by atoms with Crippen molar-refractivity contribution in [2.24, 2.45) is 0 Å². The molecule has 6 heteroatoms. The van der Waals surface area contributed by atoms with Gasteiger partial charge < -0.3 is 15.8 Å². The van der Waals surface area contributed by atoms with Crippen LogP contribution in [0.25, 0.3) is 0 Å². The molecule has 0 bridgehead atoms. The van der Waals surface area contributed by atoms with E-state index in [1.807, 2.05) is 31.2 Å². The summed E-state index contributed by atoms with van der Waals surface area (Å²) in [5, 5.41) is 3.20. The molecule has 0 aliphatic rings. The predicted molar refractivity (Wildman–Crippen MR) is 79.2 cm³/mol. The van der Waals surface area contributed by atoms with Crippen molar-refractivity contribution < 1.29 is 4.74 Å². The number of nitrogens with two attached hydrogens (primary N) is 1. The van der Waals surface area contributed by atoms with Gasteiger partial charge in [-0.05, 0) is 40.5 Å². The molecule has 0 spiro atoms. The third-order valence-electron chi connectivity index (χ3n) is 2.68. The molecule has 0 saturated heterocycles. The monoisotopic (exact) mass is 322 g/mol. The van der Waals surface area contributed by atoms with Crippen molar-refractivity contribution in [2.45, 2.75) is 13.0 Å². The zero-order chi connectivity index (χ0) is 13.8. The van der Waals surface area contributed by atoms with Gasteiger partial charge in [0.25, 0.3) is 0 Å². The van der Waals surface area contributed by atoms with Crippen molar-refractivity contribution in [3.05, 3.63) is 40.5 Å². The van der Waals surface area contributed by atoms with Crippen molar-refractivity contribution in [1.29, 1.82) is 0 Å². The summed E-state index contributed by atoms with van der Waals surface area (Å²) in [4.78, 5) is 8.36. The maximum atomic E-state index is 5.67. The number of nitrogens with one attached hydrogen (secondary N) is 1. The van der Waals surface area contributed by atoms with E-state index in [1.54, 1.807) is 13.2 Å². The lowest BCUT2D eigenvalue weighted by Gasteiger charge is -2.15. The van der Waals surface area contributed by atoms with Crippen LogP contribution in [-0.2, 0) is 0 Å². The van der Waals surface area contributed by atoms with Crippen LogP contribution in [0, 0.1) is 0 Å². The first-order chi connectivity index (χ1) is 9.08. The summed E-state index contributed by atoms with van der Waals surface area (Å²) in [6, 6.07) is 9.56. The molecule has 5 nitrogen and oxygen atoms in total. The minimum atomic E-state index is 0.0691. The van der Waals surface area contributed by atoms with Gasteiger partial charge in [0, 0.05) is 6.07 Å². The molecular weight excluding hydrogens is 308 g/mol. The Kier molecular flexibility index (Phi) is 4.21. The molecule has 0 aliphatic heterocycles. The van der Waals surface area contributed by atoms with Gasteiger partial charge in [0.05, 0.1) is 13.2 Å². The lowest BCUT2D eigenvalue weighted by molar-refractivity contribution is 0.414. The van der Waals surface area contributed by atoms with E-state index in [-0.39, 0.29) is 6.04 Å². The van der Waals surface area contributed by atoms with Crippen LogP contribution in [0.5, 0.6) is 5.75 Å². The molecule has 3 N–H and O–H groups in total. The van der Waals surface area contributed by atoms with Gasteiger partial charge in [0.1, 0.15) is 16.2 Å². The number of anilines is 2. The largest absolute Gasteiger partial charge is 0.497 e. The van der Waals surface area contributed by atoms with Crippen molar-refractivity contribution in [3.8, 4) is 5.75 Å². The number of hydrogen-bond acceptors (Lipinski definition) is 5. The molecule has 1 unspecified atom stereocenters. The lowest BCUT2D eigenvalue weighted by atomic mass is 10.1. The molecule has 0 saturated carbocycles. The Bertz CT molecular complexity index is 539. The fraction of sp³-hybridized carbons (Fsp3) is 0.231. The maximum Gasteiger partial charge on any atom is 0.226 e. The molecule has 0 aliphatic carbocycles. The van der Waals surface area contributed by atoms with E-state index < -0.39 is 0 Å². The number of methoxy groups -OCH3 is 1. The first-order valence-corrected chi connectivity index (χ1v) is 6.58. The average molecular weight is 323 g/mol. The van der Waals surface area contributed by atoms with Gasteiger partial charge in [-0.2, -0.15) is 4.98 Å². The van der Waals surface area contributed by atoms with Crippen molar-refractivity contribution in [1.82, 2.24) is 9.97 Å². The second-order valence-corrected chi connectivity index (χ2v) is 4.89. The normalized spacial score (nSPS) is 11.9. The SMILES string of the molecule is COc1ccc(C(C)Nc2nc(N)cc(Br)n2)cc1. The van der Waals surface area contributed by atoms with Crippen LogP contribution < -0.4 is 15.8 Å². The highest BCUT2D eigenvalue weighted by Gasteiger charge is 2.08. The highest BCUT2D eigenvalue weighted by molar-refractivity contribution is 9.10. The summed E-state index contributed by atoms with van der Waals surface area (Å²) in [6.07, 6.45) is 0. The molecule has 0 radical (unpaired) electrons. The van der Waals surface area contributed by atoms with E-state index in [9.17, 15) is 0 Å². The smallest absolute Gasteiger partial charge is 0.226 e. The van der Waals surface area contributed by atoms with E-state index >= 15 is 0 Å². The van der Waals surface area contributed by atoms with Gasteiger partial charge >= 0.3 is 0 Å². The standard InChI is InChI=1S/C13H15BrN4O/c1-8(9-3-5-10(19-2)6-4-9)16-13-17-11(14)7-12(15)18-13/h3-8H,1-2H3,(H3,15,16,17,18). The summed E-state index contributed by atoms with van der Waals surface area (Å²) >= 11 is 3.29. The van der Waals surface area contributed by atoms with E-state index in [0.29, 0.717) is 16.4 Å². The Morgan fingerprint density at radius 2 is 1.95 bits per heavy atom. The number of ether oxygens (including phenoxy) is 1. The number of rotatable bonds is 4. The van der Waals surface area contributed by atoms with Crippen LogP contribution in [0.1, 0.15) is 18.5 Å². The summed E-state index contributed by atoms with van der Waals surface area (Å²) in [5.41, 5.74) is 6.79. The molecule has 0 amide bonds. The quantitative estimate of drug-likeness (QED) is 0.846. The van der Waals surface area contributed by atoms with Crippen LogP contribution in [0.2, 0.25) is 0 Å². The van der Waals surface area contributed by atoms with E-state index in [0.717, 1.165) is 11.3 Å². The van der Waals surface area contributed by atoms with Crippen molar-refractivity contribution >= 4 is 27.7 Å². The Hall–Kier alpha value is -1.82. The second kappa shape index (κ2) is 5.88. The van der Waals surface area contributed by atoms with Gasteiger partial charge in [0.2, 0.25) is 5.95 Å². The van der Waals surface area contributed by atoms with Crippen LogP contribution in [0.15, 0.2) is 34.9 Å². The second-order valence-electron chi connectivity index (χ2n) is 4.08. The number of aromatic nitrogens is 2. The predicted octanol–water partition coefficient (Wildman–Crippen LogP) is 3.00. The minimum Gasteiger partial charge on any atom is -0.497 e. The van der Waals surface area contributed by atoms with Gasteiger partial charge in [-0.1, -0.05) is 12.1 Å². The molecule has 1 heterocycles. The number of hydrogen-bond donors (Lipinski definition) is 2. The highest BCUT2D eigenvalue weighted by atomic mass is 79.9. The van der Waals surface area contributed by atoms with E-state index in [2.05, 4.69) is 31.2 Å². The summed E-state index contributed by atoms with van der Waals surface area (Å²) in [5.74, 6) is 1.75. The number of benzene rings is 1. The Morgan fingerprint density at radius 1 is 1.26 bits per heavy atom. The topological polar surface area (TPSA) is 73.1 Å². The molecule has 2 rings (SSSR count). The number of nitrogen functional groups attached to an aromatic ring is 1. The minimum absolute atomic E-state index is 0.0691. The molecule has 1 aromatic carbocycles. The zero-order valence-corrected chi connectivity index (χ0v) is 12.3. The summed E-state index contributed by atoms with van der Waals surface area (Å²) < 4.78 is 5.79. The van der Waals surface area contributed by atoms with Gasteiger partial charge in [0.15, 0.2) is 0 Å². The van der Waals surface area contributed by atoms with Gasteiger partial charge in [-0.3, -0.25) is 0 Å². The molecule has 1 atom stereocenters. The van der Waals surface area contributed by atoms with Crippen LogP contribution in [0.3, 0.4) is 0 Å². The highest BCUT2D eigenvalue weighted by Crippen LogP contribution is 2.21. The Balaban J connectivity index is 2.13. The van der Waals surface area contributed by atoms with Crippen molar-refractivity contribution in [2.75, 3.05) is 18.2 Å². The molecule has 2 aromatic rings. The third kappa shape index (κ3) is 3.57. The maximum absolute atomic E-state index is 5.67. The van der Waals surface area contributed by atoms with E-state index in [4.69, 9.17) is 10.5 Å². The van der Waals surface area contributed by atoms with Crippen LogP contribution in [0.4, 0.5) is 11.8 Å². The van der Waals surface area contributed by atoms with Crippen molar-refractivity contribution in [3.63, 3.8) is 0 Å². The molecule has 100 valence electrons. The molecule has 1 aromatic heterocycles. The Morgan fingerprint density at radius 3 is 2.53 bits per heavy atom.